The lowest BCUT2D eigenvalue weighted by atomic mass is 9.96. The molecule has 4 nitrogen and oxygen atoms in total. The molecule has 0 aliphatic heterocycles. The number of aromatic nitrogens is 1. The molecule has 2 N–H and O–H groups in total. The monoisotopic (exact) mass is 356 g/mol. The number of amides is 1. The van der Waals surface area contributed by atoms with Crippen LogP contribution in [0.15, 0.2) is 47.3 Å². The Bertz CT molecular complexity index is 847. The predicted molar refractivity (Wildman–Crippen MR) is 102 cm³/mol. The molecule has 0 unspecified atom stereocenters. The largest absolute Gasteiger partial charge is 0.326 e. The second-order valence-corrected chi connectivity index (χ2v) is 6.84. The Labute approximate surface area is 151 Å². The van der Waals surface area contributed by atoms with E-state index in [1.165, 1.54) is 32.6 Å². The lowest BCUT2D eigenvalue weighted by Gasteiger charge is -2.13. The van der Waals surface area contributed by atoms with Crippen molar-refractivity contribution in [3.05, 3.63) is 69.1 Å². The summed E-state index contributed by atoms with van der Waals surface area (Å²) in [6.07, 6.45) is 7.08. The van der Waals surface area contributed by atoms with E-state index in [0.717, 1.165) is 22.5 Å². The van der Waals surface area contributed by atoms with E-state index in [2.05, 4.69) is 16.4 Å². The molecule has 130 valence electrons. The molecule has 1 amide bonds. The molecular formula is C20H21ClN2O2. The zero-order valence-electron chi connectivity index (χ0n) is 14.1. The maximum Gasteiger partial charge on any atom is 0.267 e. The number of halogens is 1. The molecule has 1 aromatic heterocycles. The molecule has 1 aliphatic rings. The lowest BCUT2D eigenvalue weighted by Crippen LogP contribution is -2.09. The summed E-state index contributed by atoms with van der Waals surface area (Å²) in [4.78, 5) is 26.0. The highest BCUT2D eigenvalue weighted by Crippen LogP contribution is 2.32. The molecule has 1 fully saturated rings. The minimum atomic E-state index is -0.286. The van der Waals surface area contributed by atoms with Crippen LogP contribution in [0.3, 0.4) is 0 Å². The van der Waals surface area contributed by atoms with Gasteiger partial charge in [0.25, 0.3) is 5.56 Å². The Kier molecular flexibility index (Phi) is 5.39. The van der Waals surface area contributed by atoms with Gasteiger partial charge in [-0.1, -0.05) is 42.7 Å². The van der Waals surface area contributed by atoms with Crippen molar-refractivity contribution < 1.29 is 4.79 Å². The molecule has 1 aliphatic carbocycles. The van der Waals surface area contributed by atoms with Gasteiger partial charge < -0.3 is 10.3 Å². The third-order valence-electron chi connectivity index (χ3n) is 4.47. The summed E-state index contributed by atoms with van der Waals surface area (Å²) in [7, 11) is 0. The fourth-order valence-electron chi connectivity index (χ4n) is 3.25. The molecule has 5 heteroatoms. The summed E-state index contributed by atoms with van der Waals surface area (Å²) in [5.74, 6) is 0.417. The number of aromatic amines is 1. The van der Waals surface area contributed by atoms with E-state index >= 15 is 0 Å². The van der Waals surface area contributed by atoms with Crippen LogP contribution in [0.5, 0.6) is 0 Å². The van der Waals surface area contributed by atoms with Crippen molar-refractivity contribution >= 4 is 28.8 Å². The summed E-state index contributed by atoms with van der Waals surface area (Å²) in [6.45, 7) is 1.48. The number of pyridine rings is 1. The Morgan fingerprint density at radius 1 is 1.16 bits per heavy atom. The number of hydrogen-bond donors (Lipinski definition) is 2. The molecule has 2 aromatic rings. The van der Waals surface area contributed by atoms with Crippen molar-refractivity contribution in [2.45, 2.75) is 32.6 Å². The third-order valence-corrected chi connectivity index (χ3v) is 4.77. The molecule has 1 aromatic carbocycles. The molecule has 1 saturated carbocycles. The fraction of sp³-hybridized carbons (Fsp3) is 0.300. The minimum absolute atomic E-state index is 0.100. The number of H-pyrrole nitrogens is 1. The maximum absolute atomic E-state index is 11.9. The van der Waals surface area contributed by atoms with E-state index < -0.39 is 0 Å². The van der Waals surface area contributed by atoms with E-state index in [1.807, 2.05) is 30.3 Å². The summed E-state index contributed by atoms with van der Waals surface area (Å²) in [6, 6.07) is 11.1. The van der Waals surface area contributed by atoms with Crippen molar-refractivity contribution in [3.63, 3.8) is 0 Å². The molecule has 0 atom stereocenters. The van der Waals surface area contributed by atoms with Crippen LogP contribution in [0, 0.1) is 5.92 Å². The van der Waals surface area contributed by atoms with Gasteiger partial charge in [0.2, 0.25) is 5.91 Å². The first-order valence-electron chi connectivity index (χ1n) is 8.52. The van der Waals surface area contributed by atoms with E-state index in [4.69, 9.17) is 11.6 Å². The van der Waals surface area contributed by atoms with Crippen LogP contribution in [0.1, 0.15) is 43.9 Å². The summed E-state index contributed by atoms with van der Waals surface area (Å²) in [5.41, 5.74) is 3.22. The smallest absolute Gasteiger partial charge is 0.267 e. The minimum Gasteiger partial charge on any atom is -0.326 e. The number of nitrogens with one attached hydrogen (secondary N) is 2. The van der Waals surface area contributed by atoms with Gasteiger partial charge in [-0.15, -0.1) is 0 Å². The first kappa shape index (κ1) is 17.5. The Hall–Kier alpha value is -2.33. The molecule has 1 heterocycles. The number of benzene rings is 1. The second kappa shape index (κ2) is 7.70. The van der Waals surface area contributed by atoms with Gasteiger partial charge in [-0.2, -0.15) is 0 Å². The predicted octanol–water partition coefficient (Wildman–Crippen LogP) is 4.61. The first-order valence-corrected chi connectivity index (χ1v) is 8.90. The lowest BCUT2D eigenvalue weighted by molar-refractivity contribution is -0.114. The maximum atomic E-state index is 11.9. The number of carbonyl (C=O) groups is 1. The Morgan fingerprint density at radius 2 is 1.84 bits per heavy atom. The molecular weight excluding hydrogens is 336 g/mol. The second-order valence-electron chi connectivity index (χ2n) is 6.43. The highest BCUT2D eigenvalue weighted by atomic mass is 35.5. The van der Waals surface area contributed by atoms with Crippen LogP contribution < -0.4 is 10.9 Å². The van der Waals surface area contributed by atoms with Crippen molar-refractivity contribution in [2.75, 3.05) is 5.32 Å². The van der Waals surface area contributed by atoms with Gasteiger partial charge in [0.05, 0.1) is 0 Å². The highest BCUT2D eigenvalue weighted by Gasteiger charge is 2.16. The van der Waals surface area contributed by atoms with Crippen LogP contribution in [-0.4, -0.2) is 10.9 Å². The van der Waals surface area contributed by atoms with Gasteiger partial charge in [-0.3, -0.25) is 9.59 Å². The van der Waals surface area contributed by atoms with Crippen LogP contribution in [-0.2, 0) is 4.79 Å². The van der Waals surface area contributed by atoms with Crippen LogP contribution in [0.2, 0.25) is 5.02 Å². The number of rotatable bonds is 4. The average Bonchev–Trinajstić information content (AvgIpc) is 3.09. The Morgan fingerprint density at radius 3 is 2.44 bits per heavy atom. The van der Waals surface area contributed by atoms with Crippen molar-refractivity contribution in [1.82, 2.24) is 4.98 Å². The van der Waals surface area contributed by atoms with Gasteiger partial charge in [-0.25, -0.2) is 0 Å². The molecule has 0 spiro atoms. The van der Waals surface area contributed by atoms with Gasteiger partial charge in [0.15, 0.2) is 0 Å². The number of hydrogen-bond acceptors (Lipinski definition) is 2. The number of allylic oxidation sites excluding steroid dienone is 1. The summed E-state index contributed by atoms with van der Waals surface area (Å²) >= 11 is 5.87. The standard InChI is InChI=1S/C20H21ClN2O2/c1-13(24)22-16-8-6-15(7-9-16)17(12-14-4-2-3-5-14)19-11-10-18(21)20(25)23-19/h6-12,14H,2-5H2,1H3,(H,22,24)(H,23,25)/b17-12+. The van der Waals surface area contributed by atoms with E-state index in [-0.39, 0.29) is 16.5 Å². The van der Waals surface area contributed by atoms with Gasteiger partial charge in [-0.05, 0) is 48.6 Å². The first-order chi connectivity index (χ1) is 12.0. The number of anilines is 1. The molecule has 3 rings (SSSR count). The SMILES string of the molecule is CC(=O)Nc1ccc(/C(=C\C2CCCC2)c2ccc(Cl)c(=O)[nH]2)cc1. The van der Waals surface area contributed by atoms with Gasteiger partial charge in [0, 0.05) is 23.9 Å². The van der Waals surface area contributed by atoms with Gasteiger partial charge in [0.1, 0.15) is 5.02 Å². The topological polar surface area (TPSA) is 62.0 Å². The van der Waals surface area contributed by atoms with Gasteiger partial charge >= 0.3 is 0 Å². The normalized spacial score (nSPS) is 15.4. The molecule has 25 heavy (non-hydrogen) atoms. The van der Waals surface area contributed by atoms with E-state index in [9.17, 15) is 9.59 Å². The van der Waals surface area contributed by atoms with E-state index in [1.54, 1.807) is 6.07 Å². The zero-order chi connectivity index (χ0) is 17.8. The fourth-order valence-corrected chi connectivity index (χ4v) is 3.36. The van der Waals surface area contributed by atoms with Crippen molar-refractivity contribution in [1.29, 1.82) is 0 Å². The summed E-state index contributed by atoms with van der Waals surface area (Å²) in [5, 5.41) is 2.95. The quantitative estimate of drug-likeness (QED) is 0.840. The molecule has 0 saturated heterocycles. The average molecular weight is 357 g/mol. The van der Waals surface area contributed by atoms with Crippen molar-refractivity contribution in [3.8, 4) is 0 Å². The van der Waals surface area contributed by atoms with Crippen molar-refractivity contribution in [2.24, 2.45) is 5.92 Å². The Balaban J connectivity index is 1.99. The summed E-state index contributed by atoms with van der Waals surface area (Å²) < 4.78 is 0. The molecule has 0 radical (unpaired) electrons. The van der Waals surface area contributed by atoms with Crippen LogP contribution in [0.4, 0.5) is 5.69 Å². The van der Waals surface area contributed by atoms with Crippen LogP contribution >= 0.6 is 11.6 Å². The third kappa shape index (κ3) is 4.40. The highest BCUT2D eigenvalue weighted by molar-refractivity contribution is 6.30. The molecule has 0 bridgehead atoms. The van der Waals surface area contributed by atoms with E-state index in [0.29, 0.717) is 5.92 Å². The zero-order valence-corrected chi connectivity index (χ0v) is 14.9. The number of carbonyl (C=O) groups excluding carboxylic acids is 1. The van der Waals surface area contributed by atoms with Crippen LogP contribution in [0.25, 0.3) is 5.57 Å².